The van der Waals surface area contributed by atoms with Crippen LogP contribution in [0.3, 0.4) is 0 Å². The zero-order chi connectivity index (χ0) is 12.8. The predicted octanol–water partition coefficient (Wildman–Crippen LogP) is 1.87. The Labute approximate surface area is 110 Å². The molecule has 0 saturated carbocycles. The monoisotopic (exact) mass is 250 g/mol. The van der Waals surface area contributed by atoms with Crippen LogP contribution in [0.2, 0.25) is 0 Å². The van der Waals surface area contributed by atoms with Crippen molar-refractivity contribution in [1.29, 1.82) is 0 Å². The van der Waals surface area contributed by atoms with E-state index in [1.165, 1.54) is 38.2 Å². The summed E-state index contributed by atoms with van der Waals surface area (Å²) in [7, 11) is 0. The van der Waals surface area contributed by atoms with Gasteiger partial charge in [0, 0.05) is 31.9 Å². The van der Waals surface area contributed by atoms with E-state index in [0.29, 0.717) is 6.04 Å². The third-order valence-electron chi connectivity index (χ3n) is 3.76. The zero-order valence-electron chi connectivity index (χ0n) is 11.7. The molecule has 1 saturated heterocycles. The standard InChI is InChI=1S/C14H26N4/c1-3-9-18-14(7-8-16-18)11-15-13-6-5-10-17(4-2)12-13/h7-8,13,15H,3-6,9-12H2,1-2H3. The van der Waals surface area contributed by atoms with Crippen LogP contribution in [0.1, 0.15) is 38.8 Å². The molecule has 102 valence electrons. The van der Waals surface area contributed by atoms with E-state index in [-0.39, 0.29) is 0 Å². The summed E-state index contributed by atoms with van der Waals surface area (Å²) < 4.78 is 2.12. The highest BCUT2D eigenvalue weighted by molar-refractivity contribution is 5.00. The fraction of sp³-hybridized carbons (Fsp3) is 0.786. The molecule has 0 radical (unpaired) electrons. The van der Waals surface area contributed by atoms with E-state index >= 15 is 0 Å². The molecule has 1 unspecified atom stereocenters. The summed E-state index contributed by atoms with van der Waals surface area (Å²) in [5, 5.41) is 8.05. The third kappa shape index (κ3) is 3.56. The molecule has 1 aliphatic rings. The van der Waals surface area contributed by atoms with Gasteiger partial charge >= 0.3 is 0 Å². The number of nitrogens with one attached hydrogen (secondary N) is 1. The molecular formula is C14H26N4. The highest BCUT2D eigenvalue weighted by atomic mass is 15.3. The van der Waals surface area contributed by atoms with Crippen LogP contribution in [0, 0.1) is 0 Å². The molecule has 1 aromatic rings. The first-order valence-electron chi connectivity index (χ1n) is 7.30. The van der Waals surface area contributed by atoms with Crippen LogP contribution in [0.25, 0.3) is 0 Å². The molecule has 0 aromatic carbocycles. The molecule has 0 spiro atoms. The third-order valence-corrected chi connectivity index (χ3v) is 3.76. The maximum Gasteiger partial charge on any atom is 0.0522 e. The average molecular weight is 250 g/mol. The van der Waals surface area contributed by atoms with E-state index in [2.05, 4.69) is 39.9 Å². The van der Waals surface area contributed by atoms with Gasteiger partial charge in [-0.15, -0.1) is 0 Å². The first-order valence-corrected chi connectivity index (χ1v) is 7.30. The molecule has 2 rings (SSSR count). The van der Waals surface area contributed by atoms with E-state index in [9.17, 15) is 0 Å². The molecule has 1 aromatic heterocycles. The predicted molar refractivity (Wildman–Crippen MR) is 74.5 cm³/mol. The van der Waals surface area contributed by atoms with Crippen molar-refractivity contribution < 1.29 is 0 Å². The smallest absolute Gasteiger partial charge is 0.0522 e. The lowest BCUT2D eigenvalue weighted by Gasteiger charge is -2.32. The minimum absolute atomic E-state index is 0.642. The van der Waals surface area contributed by atoms with Crippen molar-refractivity contribution in [3.05, 3.63) is 18.0 Å². The summed E-state index contributed by atoms with van der Waals surface area (Å²) in [5.41, 5.74) is 1.31. The zero-order valence-corrected chi connectivity index (χ0v) is 11.7. The second-order valence-corrected chi connectivity index (χ2v) is 5.16. The summed E-state index contributed by atoms with van der Waals surface area (Å²) in [4.78, 5) is 2.53. The molecule has 1 N–H and O–H groups in total. The minimum atomic E-state index is 0.642. The Morgan fingerprint density at radius 1 is 1.44 bits per heavy atom. The van der Waals surface area contributed by atoms with E-state index in [0.717, 1.165) is 19.5 Å². The first-order chi connectivity index (χ1) is 8.83. The van der Waals surface area contributed by atoms with Gasteiger partial charge in [0.05, 0.1) is 5.69 Å². The molecule has 1 aliphatic heterocycles. The number of piperidine rings is 1. The van der Waals surface area contributed by atoms with Crippen LogP contribution in [0.4, 0.5) is 0 Å². The van der Waals surface area contributed by atoms with Gasteiger partial charge in [-0.05, 0) is 38.4 Å². The number of likely N-dealkylation sites (tertiary alicyclic amines) is 1. The van der Waals surface area contributed by atoms with Crippen LogP contribution < -0.4 is 5.32 Å². The van der Waals surface area contributed by atoms with Crippen LogP contribution in [-0.4, -0.2) is 40.4 Å². The number of likely N-dealkylation sites (N-methyl/N-ethyl adjacent to an activating group) is 1. The molecule has 0 aliphatic carbocycles. The summed E-state index contributed by atoms with van der Waals surface area (Å²) in [6.07, 6.45) is 5.67. The Hall–Kier alpha value is -0.870. The summed E-state index contributed by atoms with van der Waals surface area (Å²) in [5.74, 6) is 0. The maximum atomic E-state index is 4.37. The lowest BCUT2D eigenvalue weighted by atomic mass is 10.1. The molecule has 2 heterocycles. The van der Waals surface area contributed by atoms with Crippen molar-refractivity contribution in [2.45, 2.75) is 52.2 Å². The van der Waals surface area contributed by atoms with Crippen LogP contribution in [0.5, 0.6) is 0 Å². The van der Waals surface area contributed by atoms with Crippen molar-refractivity contribution in [2.24, 2.45) is 0 Å². The van der Waals surface area contributed by atoms with E-state index in [1.807, 2.05) is 6.20 Å². The van der Waals surface area contributed by atoms with E-state index < -0.39 is 0 Å². The van der Waals surface area contributed by atoms with E-state index in [4.69, 9.17) is 0 Å². The number of hydrogen-bond donors (Lipinski definition) is 1. The van der Waals surface area contributed by atoms with Crippen LogP contribution in [0.15, 0.2) is 12.3 Å². The van der Waals surface area contributed by atoms with Crippen molar-refractivity contribution in [1.82, 2.24) is 20.0 Å². The fourth-order valence-electron chi connectivity index (χ4n) is 2.68. The van der Waals surface area contributed by atoms with Gasteiger partial charge in [0.2, 0.25) is 0 Å². The van der Waals surface area contributed by atoms with Crippen molar-refractivity contribution in [3.8, 4) is 0 Å². The van der Waals surface area contributed by atoms with Crippen LogP contribution in [-0.2, 0) is 13.1 Å². The molecule has 4 nitrogen and oxygen atoms in total. The van der Waals surface area contributed by atoms with Crippen molar-refractivity contribution >= 4 is 0 Å². The van der Waals surface area contributed by atoms with Gasteiger partial charge in [-0.2, -0.15) is 5.10 Å². The van der Waals surface area contributed by atoms with Gasteiger partial charge in [-0.3, -0.25) is 4.68 Å². The Bertz CT molecular complexity index is 347. The Morgan fingerprint density at radius 3 is 3.11 bits per heavy atom. The lowest BCUT2D eigenvalue weighted by molar-refractivity contribution is 0.197. The fourth-order valence-corrected chi connectivity index (χ4v) is 2.68. The molecule has 1 fully saturated rings. The summed E-state index contributed by atoms with van der Waals surface area (Å²) in [6, 6.07) is 2.77. The molecular weight excluding hydrogens is 224 g/mol. The van der Waals surface area contributed by atoms with Gasteiger partial charge in [-0.1, -0.05) is 13.8 Å². The van der Waals surface area contributed by atoms with Gasteiger partial charge in [0.1, 0.15) is 0 Å². The number of aryl methyl sites for hydroxylation is 1. The number of rotatable bonds is 6. The largest absolute Gasteiger partial charge is 0.307 e. The Kier molecular flexibility index (Phi) is 5.20. The second kappa shape index (κ2) is 6.90. The van der Waals surface area contributed by atoms with Crippen molar-refractivity contribution in [2.75, 3.05) is 19.6 Å². The van der Waals surface area contributed by atoms with Gasteiger partial charge in [-0.25, -0.2) is 0 Å². The molecule has 4 heteroatoms. The Balaban J connectivity index is 1.81. The maximum absolute atomic E-state index is 4.37. The lowest BCUT2D eigenvalue weighted by Crippen LogP contribution is -2.45. The Morgan fingerprint density at radius 2 is 2.33 bits per heavy atom. The summed E-state index contributed by atoms with van der Waals surface area (Å²) in [6.45, 7) is 10.0. The van der Waals surface area contributed by atoms with Crippen LogP contribution >= 0.6 is 0 Å². The number of aromatic nitrogens is 2. The SMILES string of the molecule is CCCn1nccc1CNC1CCCN(CC)C1. The first kappa shape index (κ1) is 13.6. The molecule has 1 atom stereocenters. The molecule has 0 amide bonds. The van der Waals surface area contributed by atoms with Gasteiger partial charge in [0.15, 0.2) is 0 Å². The number of nitrogens with zero attached hydrogens (tertiary/aromatic N) is 3. The molecule has 18 heavy (non-hydrogen) atoms. The second-order valence-electron chi connectivity index (χ2n) is 5.16. The van der Waals surface area contributed by atoms with Gasteiger partial charge < -0.3 is 10.2 Å². The topological polar surface area (TPSA) is 33.1 Å². The quantitative estimate of drug-likeness (QED) is 0.836. The summed E-state index contributed by atoms with van der Waals surface area (Å²) >= 11 is 0. The molecule has 0 bridgehead atoms. The number of hydrogen-bond acceptors (Lipinski definition) is 3. The normalized spacial score (nSPS) is 21.3. The minimum Gasteiger partial charge on any atom is -0.307 e. The highest BCUT2D eigenvalue weighted by Crippen LogP contribution is 2.10. The van der Waals surface area contributed by atoms with Crippen molar-refractivity contribution in [3.63, 3.8) is 0 Å². The highest BCUT2D eigenvalue weighted by Gasteiger charge is 2.18. The average Bonchev–Trinajstić information content (AvgIpc) is 2.85. The van der Waals surface area contributed by atoms with Gasteiger partial charge in [0.25, 0.3) is 0 Å². The van der Waals surface area contributed by atoms with E-state index in [1.54, 1.807) is 0 Å².